The zero-order valence-corrected chi connectivity index (χ0v) is 11.8. The quantitative estimate of drug-likeness (QED) is 0.710. The standard InChI is InChI=1S/C17H15FN2O/c1-20-16-9-12(6-5-11(16)10-19-20)21-17-8-7-15(18)13-3-2-4-14(13)17/h5-10H,2-4H2,1H3. The zero-order chi connectivity index (χ0) is 14.4. The number of hydrogen-bond acceptors (Lipinski definition) is 2. The molecule has 0 amide bonds. The van der Waals surface area contributed by atoms with Crippen molar-refractivity contribution >= 4 is 10.9 Å². The molecule has 0 radical (unpaired) electrons. The van der Waals surface area contributed by atoms with Crippen LogP contribution in [0.25, 0.3) is 10.9 Å². The molecule has 1 aliphatic carbocycles. The number of hydrogen-bond donors (Lipinski definition) is 0. The minimum absolute atomic E-state index is 0.114. The molecule has 4 rings (SSSR count). The maximum absolute atomic E-state index is 13.8. The second-order valence-electron chi connectivity index (χ2n) is 5.45. The molecule has 0 bridgehead atoms. The molecule has 21 heavy (non-hydrogen) atoms. The molecular weight excluding hydrogens is 267 g/mol. The highest BCUT2D eigenvalue weighted by molar-refractivity contribution is 5.80. The Morgan fingerprint density at radius 1 is 1.14 bits per heavy atom. The lowest BCUT2D eigenvalue weighted by molar-refractivity contribution is 0.475. The minimum atomic E-state index is -0.114. The number of rotatable bonds is 2. The molecule has 0 aliphatic heterocycles. The SMILES string of the molecule is Cn1ncc2ccc(Oc3ccc(F)c4c3CCC4)cc21. The molecule has 1 aliphatic rings. The maximum Gasteiger partial charge on any atom is 0.131 e. The van der Waals surface area contributed by atoms with Crippen molar-refractivity contribution in [3.8, 4) is 11.5 Å². The van der Waals surface area contributed by atoms with E-state index in [1.165, 1.54) is 6.07 Å². The third kappa shape index (κ3) is 1.98. The second kappa shape index (κ2) is 4.58. The van der Waals surface area contributed by atoms with Crippen LogP contribution in [-0.2, 0) is 19.9 Å². The van der Waals surface area contributed by atoms with Gasteiger partial charge in [0.15, 0.2) is 0 Å². The molecule has 2 aromatic carbocycles. The predicted octanol–water partition coefficient (Wildman–Crippen LogP) is 3.99. The lowest BCUT2D eigenvalue weighted by Crippen LogP contribution is -1.94. The molecule has 0 saturated carbocycles. The highest BCUT2D eigenvalue weighted by Gasteiger charge is 2.20. The fourth-order valence-electron chi connectivity index (χ4n) is 3.04. The van der Waals surface area contributed by atoms with Gasteiger partial charge in [0.25, 0.3) is 0 Å². The van der Waals surface area contributed by atoms with Crippen molar-refractivity contribution < 1.29 is 9.13 Å². The minimum Gasteiger partial charge on any atom is -0.457 e. The summed E-state index contributed by atoms with van der Waals surface area (Å²) in [6, 6.07) is 9.11. The average molecular weight is 282 g/mol. The zero-order valence-electron chi connectivity index (χ0n) is 11.8. The van der Waals surface area contributed by atoms with Crippen LogP contribution < -0.4 is 4.74 Å². The molecule has 4 heteroatoms. The van der Waals surface area contributed by atoms with Crippen LogP contribution in [0.2, 0.25) is 0 Å². The van der Waals surface area contributed by atoms with E-state index in [4.69, 9.17) is 4.74 Å². The third-order valence-electron chi connectivity index (χ3n) is 4.13. The largest absolute Gasteiger partial charge is 0.457 e. The summed E-state index contributed by atoms with van der Waals surface area (Å²) < 4.78 is 21.6. The summed E-state index contributed by atoms with van der Waals surface area (Å²) in [5.41, 5.74) is 2.85. The van der Waals surface area contributed by atoms with Gasteiger partial charge in [-0.1, -0.05) is 0 Å². The van der Waals surface area contributed by atoms with E-state index < -0.39 is 0 Å². The van der Waals surface area contributed by atoms with Crippen LogP contribution >= 0.6 is 0 Å². The Morgan fingerprint density at radius 3 is 2.90 bits per heavy atom. The van der Waals surface area contributed by atoms with Crippen LogP contribution in [0.4, 0.5) is 4.39 Å². The molecule has 0 saturated heterocycles. The number of nitrogens with zero attached hydrogens (tertiary/aromatic N) is 2. The Bertz CT molecular complexity index is 838. The second-order valence-corrected chi connectivity index (χ2v) is 5.45. The van der Waals surface area contributed by atoms with Gasteiger partial charge >= 0.3 is 0 Å². The van der Waals surface area contributed by atoms with Gasteiger partial charge in [0.2, 0.25) is 0 Å². The van der Waals surface area contributed by atoms with E-state index in [-0.39, 0.29) is 5.82 Å². The van der Waals surface area contributed by atoms with Crippen molar-refractivity contribution in [2.45, 2.75) is 19.3 Å². The van der Waals surface area contributed by atoms with Crippen molar-refractivity contribution in [2.75, 3.05) is 0 Å². The summed E-state index contributed by atoms with van der Waals surface area (Å²) in [6.45, 7) is 0. The fraction of sp³-hybridized carbons (Fsp3) is 0.235. The van der Waals surface area contributed by atoms with Gasteiger partial charge in [0.1, 0.15) is 17.3 Å². The first-order chi connectivity index (χ1) is 10.2. The number of aromatic nitrogens is 2. The number of ether oxygens (including phenoxy) is 1. The summed E-state index contributed by atoms with van der Waals surface area (Å²) in [5, 5.41) is 5.30. The maximum atomic E-state index is 13.8. The molecule has 1 heterocycles. The normalized spacial score (nSPS) is 13.6. The van der Waals surface area contributed by atoms with E-state index in [1.807, 2.05) is 36.1 Å². The smallest absolute Gasteiger partial charge is 0.131 e. The molecule has 3 aromatic rings. The third-order valence-corrected chi connectivity index (χ3v) is 4.13. The molecule has 0 N–H and O–H groups in total. The summed E-state index contributed by atoms with van der Waals surface area (Å²) in [4.78, 5) is 0. The van der Waals surface area contributed by atoms with E-state index in [9.17, 15) is 4.39 Å². The van der Waals surface area contributed by atoms with E-state index >= 15 is 0 Å². The van der Waals surface area contributed by atoms with Crippen molar-refractivity contribution in [3.63, 3.8) is 0 Å². The van der Waals surface area contributed by atoms with Crippen LogP contribution in [-0.4, -0.2) is 9.78 Å². The fourth-order valence-corrected chi connectivity index (χ4v) is 3.04. The van der Waals surface area contributed by atoms with Crippen LogP contribution in [0, 0.1) is 5.82 Å². The number of benzene rings is 2. The summed E-state index contributed by atoms with van der Waals surface area (Å²) in [5.74, 6) is 1.41. The first-order valence-corrected chi connectivity index (χ1v) is 7.12. The number of halogens is 1. The highest BCUT2D eigenvalue weighted by atomic mass is 19.1. The summed E-state index contributed by atoms with van der Waals surface area (Å²) >= 11 is 0. The molecule has 0 fully saturated rings. The lowest BCUT2D eigenvalue weighted by atomic mass is 10.1. The topological polar surface area (TPSA) is 27.1 Å². The van der Waals surface area contributed by atoms with Crippen molar-refractivity contribution in [1.29, 1.82) is 0 Å². The van der Waals surface area contributed by atoms with E-state index in [2.05, 4.69) is 5.10 Å². The Morgan fingerprint density at radius 2 is 2.00 bits per heavy atom. The molecule has 106 valence electrons. The van der Waals surface area contributed by atoms with Gasteiger partial charge in [-0.3, -0.25) is 4.68 Å². The van der Waals surface area contributed by atoms with Gasteiger partial charge in [-0.25, -0.2) is 4.39 Å². The van der Waals surface area contributed by atoms with Crippen LogP contribution in [0.15, 0.2) is 36.5 Å². The summed E-state index contributed by atoms with van der Waals surface area (Å²) in [6.07, 6.45) is 4.51. The van der Waals surface area contributed by atoms with E-state index in [1.54, 1.807) is 6.07 Å². The van der Waals surface area contributed by atoms with Gasteiger partial charge in [-0.05, 0) is 49.1 Å². The molecule has 0 atom stereocenters. The monoisotopic (exact) mass is 282 g/mol. The Kier molecular flexibility index (Phi) is 2.70. The lowest BCUT2D eigenvalue weighted by Gasteiger charge is -2.11. The van der Waals surface area contributed by atoms with Gasteiger partial charge < -0.3 is 4.74 Å². The van der Waals surface area contributed by atoms with Crippen LogP contribution in [0.1, 0.15) is 17.5 Å². The summed E-state index contributed by atoms with van der Waals surface area (Å²) in [7, 11) is 1.90. The first kappa shape index (κ1) is 12.4. The molecular formula is C17H15FN2O. The molecule has 3 nitrogen and oxygen atoms in total. The van der Waals surface area contributed by atoms with Gasteiger partial charge in [-0.2, -0.15) is 5.10 Å². The van der Waals surface area contributed by atoms with Crippen molar-refractivity contribution in [1.82, 2.24) is 9.78 Å². The molecule has 0 spiro atoms. The van der Waals surface area contributed by atoms with Gasteiger partial charge in [-0.15, -0.1) is 0 Å². The Labute approximate surface area is 122 Å². The number of fused-ring (bicyclic) bond motifs is 2. The van der Waals surface area contributed by atoms with Crippen molar-refractivity contribution in [2.24, 2.45) is 7.05 Å². The Balaban J connectivity index is 1.75. The van der Waals surface area contributed by atoms with Crippen LogP contribution in [0.5, 0.6) is 11.5 Å². The van der Waals surface area contributed by atoms with Gasteiger partial charge in [0, 0.05) is 24.1 Å². The van der Waals surface area contributed by atoms with Crippen molar-refractivity contribution in [3.05, 3.63) is 53.5 Å². The highest BCUT2D eigenvalue weighted by Crippen LogP contribution is 2.35. The molecule has 0 unspecified atom stereocenters. The Hall–Kier alpha value is -2.36. The van der Waals surface area contributed by atoms with E-state index in [0.29, 0.717) is 0 Å². The van der Waals surface area contributed by atoms with Crippen LogP contribution in [0.3, 0.4) is 0 Å². The predicted molar refractivity (Wildman–Crippen MR) is 79.2 cm³/mol. The first-order valence-electron chi connectivity index (χ1n) is 7.12. The van der Waals surface area contributed by atoms with E-state index in [0.717, 1.165) is 52.8 Å². The number of aryl methyl sites for hydroxylation is 1. The van der Waals surface area contributed by atoms with Gasteiger partial charge in [0.05, 0.1) is 11.7 Å². The molecule has 1 aromatic heterocycles. The average Bonchev–Trinajstić information content (AvgIpc) is 3.11.